The molecule has 7 nitrogen and oxygen atoms in total. The molecular weight excluding hydrogens is 394 g/mol. The van der Waals surface area contributed by atoms with Crippen molar-refractivity contribution in [2.24, 2.45) is 0 Å². The molecule has 2 aromatic rings. The highest BCUT2D eigenvalue weighted by Crippen LogP contribution is 2.30. The Morgan fingerprint density at radius 3 is 2.48 bits per heavy atom. The minimum Gasteiger partial charge on any atom is -0.490 e. The van der Waals surface area contributed by atoms with Gasteiger partial charge in [-0.15, -0.1) is 0 Å². The number of likely N-dealkylation sites (N-methyl/N-ethyl adjacent to an activating group) is 1. The van der Waals surface area contributed by atoms with Crippen LogP contribution in [0.4, 0.5) is 0 Å². The van der Waals surface area contributed by atoms with Gasteiger partial charge in [0.25, 0.3) is 11.8 Å². The number of benzene rings is 2. The van der Waals surface area contributed by atoms with Gasteiger partial charge in [-0.05, 0) is 43.2 Å². The van der Waals surface area contributed by atoms with Gasteiger partial charge in [-0.2, -0.15) is 5.26 Å². The van der Waals surface area contributed by atoms with Gasteiger partial charge in [0.05, 0.1) is 6.61 Å². The smallest absolute Gasteiger partial charge is 0.262 e. The van der Waals surface area contributed by atoms with Crippen LogP contribution in [0.2, 0.25) is 0 Å². The van der Waals surface area contributed by atoms with Crippen molar-refractivity contribution in [3.63, 3.8) is 0 Å². The minimum absolute atomic E-state index is 0.0248. The van der Waals surface area contributed by atoms with Crippen LogP contribution in [0.3, 0.4) is 0 Å². The van der Waals surface area contributed by atoms with E-state index < -0.39 is 12.0 Å². The summed E-state index contributed by atoms with van der Waals surface area (Å²) in [6.07, 6.45) is 0.801. The number of rotatable bonds is 9. The van der Waals surface area contributed by atoms with Crippen LogP contribution in [-0.2, 0) is 16.1 Å². The first kappa shape index (κ1) is 23.5. The zero-order valence-corrected chi connectivity index (χ0v) is 18.2. The molecule has 0 bridgehead atoms. The predicted octanol–water partition coefficient (Wildman–Crippen LogP) is 3.16. The van der Waals surface area contributed by atoms with Crippen LogP contribution in [0.15, 0.2) is 54.1 Å². The van der Waals surface area contributed by atoms with Gasteiger partial charge in [-0.25, -0.2) is 0 Å². The number of carbonyl (C=O) groups excluding carboxylic acids is 2. The largest absolute Gasteiger partial charge is 0.490 e. The fourth-order valence-corrected chi connectivity index (χ4v) is 2.77. The lowest BCUT2D eigenvalue weighted by Crippen LogP contribution is -2.35. The van der Waals surface area contributed by atoms with Gasteiger partial charge < -0.3 is 19.7 Å². The molecule has 0 saturated carbocycles. The van der Waals surface area contributed by atoms with Gasteiger partial charge in [0.15, 0.2) is 17.6 Å². The van der Waals surface area contributed by atoms with E-state index in [1.807, 2.05) is 43.3 Å². The van der Waals surface area contributed by atoms with Gasteiger partial charge >= 0.3 is 0 Å². The predicted molar refractivity (Wildman–Crippen MR) is 118 cm³/mol. The molecule has 162 valence electrons. The topological polar surface area (TPSA) is 91.7 Å². The summed E-state index contributed by atoms with van der Waals surface area (Å²) in [6.45, 7) is 4.21. The summed E-state index contributed by atoms with van der Waals surface area (Å²) in [5.74, 6) is 0.202. The first-order chi connectivity index (χ1) is 14.8. The highest BCUT2D eigenvalue weighted by Gasteiger charge is 2.19. The van der Waals surface area contributed by atoms with Crippen LogP contribution >= 0.6 is 0 Å². The number of nitriles is 1. The van der Waals surface area contributed by atoms with Crippen LogP contribution < -0.4 is 14.8 Å². The third-order valence-electron chi connectivity index (χ3n) is 4.33. The van der Waals surface area contributed by atoms with Crippen LogP contribution in [0, 0.1) is 11.3 Å². The van der Waals surface area contributed by atoms with Gasteiger partial charge in [-0.3, -0.25) is 9.59 Å². The summed E-state index contributed by atoms with van der Waals surface area (Å²) in [7, 11) is 3.32. The van der Waals surface area contributed by atoms with Crippen molar-refractivity contribution in [2.45, 2.75) is 26.5 Å². The monoisotopic (exact) mass is 421 g/mol. The van der Waals surface area contributed by atoms with Gasteiger partial charge in [-0.1, -0.05) is 36.4 Å². The van der Waals surface area contributed by atoms with E-state index in [1.165, 1.54) is 11.0 Å². The molecule has 0 fully saturated rings. The van der Waals surface area contributed by atoms with E-state index in [9.17, 15) is 14.9 Å². The summed E-state index contributed by atoms with van der Waals surface area (Å²) >= 11 is 0. The maximum Gasteiger partial charge on any atom is 0.262 e. The standard InChI is InChI=1S/C24H27N3O4/c1-5-30-22-14-19(11-12-21(22)31-17(2)24(29)27(3)4)13-20(15-25)23(28)26-16-18-9-7-6-8-10-18/h6-14,17H,5,16H2,1-4H3,(H,26,28)/b20-13+/t17-/m1/s1. The molecule has 0 aliphatic heterocycles. The number of nitrogens with one attached hydrogen (secondary N) is 1. The molecule has 0 aromatic heterocycles. The molecule has 2 aromatic carbocycles. The Morgan fingerprint density at radius 1 is 1.16 bits per heavy atom. The van der Waals surface area contributed by atoms with Gasteiger partial charge in [0, 0.05) is 20.6 Å². The molecule has 0 radical (unpaired) electrons. The lowest BCUT2D eigenvalue weighted by atomic mass is 10.1. The van der Waals surface area contributed by atoms with Crippen molar-refractivity contribution in [3.8, 4) is 17.6 Å². The van der Waals surface area contributed by atoms with E-state index in [-0.39, 0.29) is 11.5 Å². The fourth-order valence-electron chi connectivity index (χ4n) is 2.77. The maximum atomic E-state index is 12.4. The summed E-state index contributed by atoms with van der Waals surface area (Å²) in [5, 5.41) is 12.2. The molecule has 0 aliphatic carbocycles. The Bertz CT molecular complexity index is 978. The molecule has 0 spiro atoms. The molecular formula is C24H27N3O4. The zero-order chi connectivity index (χ0) is 22.8. The first-order valence-electron chi connectivity index (χ1n) is 9.94. The van der Waals surface area contributed by atoms with E-state index in [0.29, 0.717) is 30.2 Å². The molecule has 1 N–H and O–H groups in total. The normalized spacial score (nSPS) is 11.8. The molecule has 2 amide bonds. The number of amides is 2. The van der Waals surface area contributed by atoms with Crippen molar-refractivity contribution in [3.05, 3.63) is 65.2 Å². The molecule has 0 unspecified atom stereocenters. The number of nitrogens with zero attached hydrogens (tertiary/aromatic N) is 2. The SMILES string of the molecule is CCOc1cc(/C=C(\C#N)C(=O)NCc2ccccc2)ccc1O[C@H](C)C(=O)N(C)C. The quantitative estimate of drug-likeness (QED) is 0.496. The summed E-state index contributed by atoms with van der Waals surface area (Å²) in [6, 6.07) is 16.4. The van der Waals surface area contributed by atoms with Crippen molar-refractivity contribution in [1.82, 2.24) is 10.2 Å². The molecule has 7 heteroatoms. The Balaban J connectivity index is 2.18. The summed E-state index contributed by atoms with van der Waals surface area (Å²) in [5.41, 5.74) is 1.52. The highest BCUT2D eigenvalue weighted by molar-refractivity contribution is 6.01. The second kappa shape index (κ2) is 11.4. The van der Waals surface area contributed by atoms with E-state index in [0.717, 1.165) is 5.56 Å². The zero-order valence-electron chi connectivity index (χ0n) is 18.2. The highest BCUT2D eigenvalue weighted by atomic mass is 16.5. The number of hydrogen-bond donors (Lipinski definition) is 1. The molecule has 2 rings (SSSR count). The van der Waals surface area contributed by atoms with E-state index >= 15 is 0 Å². The Hall–Kier alpha value is -3.79. The lowest BCUT2D eigenvalue weighted by molar-refractivity contribution is -0.135. The number of ether oxygens (including phenoxy) is 2. The molecule has 1 atom stereocenters. The second-order valence-corrected chi connectivity index (χ2v) is 6.97. The van der Waals surface area contributed by atoms with E-state index in [1.54, 1.807) is 39.2 Å². The van der Waals surface area contributed by atoms with Crippen molar-refractivity contribution >= 4 is 17.9 Å². The Kier molecular flexibility index (Phi) is 8.64. The maximum absolute atomic E-state index is 12.4. The average molecular weight is 421 g/mol. The molecule has 0 saturated heterocycles. The molecule has 0 heterocycles. The van der Waals surface area contributed by atoms with Gasteiger partial charge in [0.2, 0.25) is 0 Å². The van der Waals surface area contributed by atoms with E-state index in [4.69, 9.17) is 9.47 Å². The number of carbonyl (C=O) groups is 2. The second-order valence-electron chi connectivity index (χ2n) is 6.97. The van der Waals surface area contributed by atoms with Crippen LogP contribution in [-0.4, -0.2) is 43.5 Å². The minimum atomic E-state index is -0.686. The van der Waals surface area contributed by atoms with Crippen LogP contribution in [0.5, 0.6) is 11.5 Å². The fraction of sp³-hybridized carbons (Fsp3) is 0.292. The van der Waals surface area contributed by atoms with Crippen LogP contribution in [0.25, 0.3) is 6.08 Å². The van der Waals surface area contributed by atoms with Crippen molar-refractivity contribution in [2.75, 3.05) is 20.7 Å². The summed E-state index contributed by atoms with van der Waals surface area (Å²) < 4.78 is 11.4. The van der Waals surface area contributed by atoms with Crippen molar-refractivity contribution in [1.29, 1.82) is 5.26 Å². The van der Waals surface area contributed by atoms with Gasteiger partial charge in [0.1, 0.15) is 11.6 Å². The van der Waals surface area contributed by atoms with E-state index in [2.05, 4.69) is 5.32 Å². The third kappa shape index (κ3) is 6.89. The molecule has 31 heavy (non-hydrogen) atoms. The number of hydrogen-bond acceptors (Lipinski definition) is 5. The van der Waals surface area contributed by atoms with Crippen molar-refractivity contribution < 1.29 is 19.1 Å². The summed E-state index contributed by atoms with van der Waals surface area (Å²) in [4.78, 5) is 25.9. The average Bonchev–Trinajstić information content (AvgIpc) is 2.77. The van der Waals surface area contributed by atoms with Crippen LogP contribution in [0.1, 0.15) is 25.0 Å². The lowest BCUT2D eigenvalue weighted by Gasteiger charge is -2.20. The molecule has 0 aliphatic rings. The first-order valence-corrected chi connectivity index (χ1v) is 9.94. The Morgan fingerprint density at radius 2 is 1.87 bits per heavy atom. The Labute approximate surface area is 182 Å². The third-order valence-corrected chi connectivity index (χ3v) is 4.33.